The van der Waals surface area contributed by atoms with Crippen molar-refractivity contribution >= 4 is 17.6 Å². The van der Waals surface area contributed by atoms with E-state index >= 15 is 0 Å². The van der Waals surface area contributed by atoms with Crippen LogP contribution in [0.25, 0.3) is 5.69 Å². The Balaban J connectivity index is 1.04. The number of hydrogen-bond donors (Lipinski definition) is 2. The number of hydrogen-bond acceptors (Lipinski definition) is 5. The van der Waals surface area contributed by atoms with E-state index in [0.717, 1.165) is 55.2 Å². The number of ether oxygens (including phenoxy) is 1. The van der Waals surface area contributed by atoms with Crippen molar-refractivity contribution < 1.29 is 19.4 Å². The van der Waals surface area contributed by atoms with E-state index in [2.05, 4.69) is 15.1 Å². The van der Waals surface area contributed by atoms with E-state index < -0.39 is 5.97 Å². The quantitative estimate of drug-likeness (QED) is 0.277. The minimum atomic E-state index is -0.906. The molecule has 0 atom stereocenters. The predicted molar refractivity (Wildman–Crippen MR) is 155 cm³/mol. The molecule has 8 heteroatoms. The maximum absolute atomic E-state index is 12.7. The largest absolute Gasteiger partial charge is 0.478 e. The Hall–Kier alpha value is -4.40. The van der Waals surface area contributed by atoms with Crippen LogP contribution < -0.4 is 10.1 Å². The summed E-state index contributed by atoms with van der Waals surface area (Å²) in [6, 6.07) is 26.7. The van der Waals surface area contributed by atoms with Gasteiger partial charge in [-0.25, -0.2) is 4.79 Å². The van der Waals surface area contributed by atoms with Crippen molar-refractivity contribution in [3.63, 3.8) is 0 Å². The van der Waals surface area contributed by atoms with Gasteiger partial charge < -0.3 is 19.7 Å². The lowest BCUT2D eigenvalue weighted by Gasteiger charge is -2.36. The molecule has 1 fully saturated rings. The van der Waals surface area contributed by atoms with Crippen molar-refractivity contribution in [2.45, 2.75) is 25.4 Å². The topological polar surface area (TPSA) is 87.0 Å². The molecule has 40 heavy (non-hydrogen) atoms. The van der Waals surface area contributed by atoms with Crippen molar-refractivity contribution in [2.75, 3.05) is 32.0 Å². The van der Waals surface area contributed by atoms with Gasteiger partial charge in [0.05, 0.1) is 12.1 Å². The number of carboxylic acid groups (broad SMARTS) is 1. The number of carbonyl (C=O) groups is 2. The molecule has 1 aliphatic rings. The smallest absolute Gasteiger partial charge is 0.335 e. The Morgan fingerprint density at radius 1 is 0.900 bits per heavy atom. The van der Waals surface area contributed by atoms with Gasteiger partial charge in [-0.3, -0.25) is 14.6 Å². The van der Waals surface area contributed by atoms with Crippen LogP contribution >= 0.6 is 0 Å². The van der Waals surface area contributed by atoms with Crippen LogP contribution in [-0.2, 0) is 11.3 Å². The van der Waals surface area contributed by atoms with Gasteiger partial charge in [0.2, 0.25) is 5.91 Å². The third-order valence-corrected chi connectivity index (χ3v) is 7.29. The summed E-state index contributed by atoms with van der Waals surface area (Å²) in [4.78, 5) is 28.3. The number of amides is 1. The molecular weight excluding hydrogens is 504 g/mol. The maximum Gasteiger partial charge on any atom is 0.335 e. The first-order valence-corrected chi connectivity index (χ1v) is 13.5. The van der Waals surface area contributed by atoms with Crippen LogP contribution in [0, 0.1) is 0 Å². The number of carbonyl (C=O) groups excluding carboxylic acids is 1. The monoisotopic (exact) mass is 538 g/mol. The normalized spacial score (nSPS) is 14.2. The number of nitrogens with zero attached hydrogens (tertiary/aromatic N) is 3. The molecule has 0 aliphatic carbocycles. The summed E-state index contributed by atoms with van der Waals surface area (Å²) in [5.74, 6) is 0.499. The number of carboxylic acids is 1. The molecule has 3 aromatic carbocycles. The number of aromatic nitrogens is 1. The van der Waals surface area contributed by atoms with Crippen LogP contribution in [0.5, 0.6) is 11.5 Å². The highest BCUT2D eigenvalue weighted by molar-refractivity contribution is 5.92. The summed E-state index contributed by atoms with van der Waals surface area (Å²) in [6.07, 6.45) is 5.96. The number of likely N-dealkylation sites (N-methyl/N-ethyl adjacent to an activating group) is 1. The van der Waals surface area contributed by atoms with Crippen molar-refractivity contribution in [1.82, 2.24) is 14.4 Å². The molecule has 0 unspecified atom stereocenters. The molecule has 2 N–H and O–H groups in total. The highest BCUT2D eigenvalue weighted by atomic mass is 16.5. The van der Waals surface area contributed by atoms with Crippen LogP contribution in [0.1, 0.15) is 28.8 Å². The zero-order valence-electron chi connectivity index (χ0n) is 22.6. The first-order valence-electron chi connectivity index (χ1n) is 13.5. The number of nitrogens with one attached hydrogen (secondary N) is 1. The van der Waals surface area contributed by atoms with Crippen LogP contribution in [-0.4, -0.2) is 64.1 Å². The fourth-order valence-corrected chi connectivity index (χ4v) is 5.02. The van der Waals surface area contributed by atoms with Gasteiger partial charge in [-0.1, -0.05) is 12.1 Å². The van der Waals surface area contributed by atoms with Crippen molar-refractivity contribution in [3.8, 4) is 17.2 Å². The van der Waals surface area contributed by atoms with Gasteiger partial charge >= 0.3 is 5.97 Å². The molecule has 1 aliphatic heterocycles. The van der Waals surface area contributed by atoms with E-state index in [4.69, 9.17) is 9.84 Å². The summed E-state index contributed by atoms with van der Waals surface area (Å²) >= 11 is 0. The molecule has 5 rings (SSSR count). The number of likely N-dealkylation sites (tertiary alicyclic amines) is 1. The van der Waals surface area contributed by atoms with Gasteiger partial charge in [-0.05, 0) is 111 Å². The molecular formula is C32H34N4O4. The fourth-order valence-electron chi connectivity index (χ4n) is 5.02. The van der Waals surface area contributed by atoms with Crippen LogP contribution in [0.15, 0.2) is 97.3 Å². The van der Waals surface area contributed by atoms with Gasteiger partial charge in [-0.15, -0.1) is 0 Å². The number of aromatic carboxylic acids is 1. The van der Waals surface area contributed by atoms with E-state index in [1.165, 1.54) is 0 Å². The molecule has 0 saturated carbocycles. The zero-order valence-corrected chi connectivity index (χ0v) is 22.6. The first kappa shape index (κ1) is 27.2. The van der Waals surface area contributed by atoms with E-state index in [1.54, 1.807) is 12.1 Å². The molecule has 0 bridgehead atoms. The van der Waals surface area contributed by atoms with E-state index in [-0.39, 0.29) is 5.91 Å². The van der Waals surface area contributed by atoms with E-state index in [9.17, 15) is 9.59 Å². The van der Waals surface area contributed by atoms with Gasteiger partial charge in [0, 0.05) is 36.4 Å². The number of benzene rings is 3. The molecule has 206 valence electrons. The Labute approximate surface area is 234 Å². The SMILES string of the molecule is CN(CC(=O)Nc1ccc(Oc2ccc(-n3cccc3)cc2)cc1)C1CCN(Cc2ccc(C(=O)O)cc2)CC1. The lowest BCUT2D eigenvalue weighted by atomic mass is 10.0. The molecule has 1 aromatic heterocycles. The van der Waals surface area contributed by atoms with Crippen LogP contribution in [0.4, 0.5) is 5.69 Å². The maximum atomic E-state index is 12.7. The summed E-state index contributed by atoms with van der Waals surface area (Å²) in [6.45, 7) is 3.00. The molecule has 4 aromatic rings. The van der Waals surface area contributed by atoms with Gasteiger partial charge in [0.1, 0.15) is 11.5 Å². The minimum absolute atomic E-state index is 0.0438. The second-order valence-corrected chi connectivity index (χ2v) is 10.2. The Morgan fingerprint density at radius 2 is 1.50 bits per heavy atom. The molecule has 8 nitrogen and oxygen atoms in total. The number of rotatable bonds is 10. The summed E-state index contributed by atoms with van der Waals surface area (Å²) in [7, 11) is 2.00. The van der Waals surface area contributed by atoms with E-state index in [0.29, 0.717) is 23.9 Å². The third-order valence-electron chi connectivity index (χ3n) is 7.29. The average molecular weight is 539 g/mol. The Kier molecular flexibility index (Phi) is 8.59. The standard InChI is InChI=1S/C32H34N4O4/c1-34(27-16-20-35(21-17-27)22-24-4-6-25(7-5-24)32(38)39)23-31(37)33-26-8-12-29(13-9-26)40-30-14-10-28(11-15-30)36-18-2-3-19-36/h2-15,18-19,27H,16-17,20-23H2,1H3,(H,33,37)(H,38,39). The average Bonchev–Trinajstić information content (AvgIpc) is 3.50. The third kappa shape index (κ3) is 7.16. The first-order chi connectivity index (χ1) is 19.4. The van der Waals surface area contributed by atoms with Gasteiger partial charge in [0.15, 0.2) is 0 Å². The van der Waals surface area contributed by atoms with Gasteiger partial charge in [0.25, 0.3) is 0 Å². The van der Waals surface area contributed by atoms with Crippen molar-refractivity contribution in [3.05, 3.63) is 108 Å². The molecule has 1 amide bonds. The molecule has 0 radical (unpaired) electrons. The molecule has 1 saturated heterocycles. The fraction of sp³-hybridized carbons (Fsp3) is 0.250. The highest BCUT2D eigenvalue weighted by Crippen LogP contribution is 2.24. The molecule has 0 spiro atoms. The highest BCUT2D eigenvalue weighted by Gasteiger charge is 2.24. The number of anilines is 1. The Bertz CT molecular complexity index is 1390. The zero-order chi connectivity index (χ0) is 27.9. The summed E-state index contributed by atoms with van der Waals surface area (Å²) < 4.78 is 7.99. The van der Waals surface area contributed by atoms with Gasteiger partial charge in [-0.2, -0.15) is 0 Å². The second-order valence-electron chi connectivity index (χ2n) is 10.2. The van der Waals surface area contributed by atoms with Crippen LogP contribution in [0.3, 0.4) is 0 Å². The summed E-state index contributed by atoms with van der Waals surface area (Å²) in [5.41, 5.74) is 3.22. The minimum Gasteiger partial charge on any atom is -0.478 e. The van der Waals surface area contributed by atoms with Crippen molar-refractivity contribution in [1.29, 1.82) is 0 Å². The van der Waals surface area contributed by atoms with Crippen LogP contribution in [0.2, 0.25) is 0 Å². The van der Waals surface area contributed by atoms with Crippen molar-refractivity contribution in [2.24, 2.45) is 0 Å². The Morgan fingerprint density at radius 3 is 2.10 bits per heavy atom. The molecule has 2 heterocycles. The lowest BCUT2D eigenvalue weighted by Crippen LogP contribution is -2.45. The van der Waals surface area contributed by atoms with E-state index in [1.807, 2.05) is 96.8 Å². The lowest BCUT2D eigenvalue weighted by molar-refractivity contribution is -0.117. The predicted octanol–water partition coefficient (Wildman–Crippen LogP) is 5.50. The number of piperidine rings is 1. The second kappa shape index (κ2) is 12.6. The summed E-state index contributed by atoms with van der Waals surface area (Å²) in [5, 5.41) is 12.1.